The van der Waals surface area contributed by atoms with Gasteiger partial charge in [0, 0.05) is 79.6 Å². The van der Waals surface area contributed by atoms with Crippen LogP contribution >= 0.6 is 77.8 Å². The number of benzene rings is 3. The minimum atomic E-state index is -0.440. The van der Waals surface area contributed by atoms with E-state index in [1.165, 1.54) is 17.8 Å². The zero-order valence-electron chi connectivity index (χ0n) is 32.0. The first-order valence-corrected chi connectivity index (χ1v) is 22.7. The van der Waals surface area contributed by atoms with Crippen LogP contribution in [0.25, 0.3) is 49.5 Å². The van der Waals surface area contributed by atoms with E-state index in [0.717, 1.165) is 85.0 Å². The van der Waals surface area contributed by atoms with Crippen LogP contribution in [0.2, 0.25) is 5.02 Å². The maximum Gasteiger partial charge on any atom is 0.200 e. The van der Waals surface area contributed by atoms with E-state index >= 15 is 0 Å². The maximum atomic E-state index is 14.7. The Labute approximate surface area is 387 Å². The third-order valence-corrected chi connectivity index (χ3v) is 13.0. The first kappa shape index (κ1) is 41.5. The topological polar surface area (TPSA) is 124 Å². The van der Waals surface area contributed by atoms with Gasteiger partial charge < -0.3 is 18.9 Å². The van der Waals surface area contributed by atoms with Crippen LogP contribution in [-0.2, 0) is 7.05 Å². The van der Waals surface area contributed by atoms with E-state index in [9.17, 15) is 4.39 Å². The third-order valence-electron chi connectivity index (χ3n) is 9.49. The molecule has 0 fully saturated rings. The highest BCUT2D eigenvalue weighted by molar-refractivity contribution is 14.1. The second-order valence-corrected chi connectivity index (χ2v) is 18.1. The fraction of sp³-hybridized carbons (Fsp3) is 0.163. The summed E-state index contributed by atoms with van der Waals surface area (Å²) in [6.45, 7) is 2.58. The quantitative estimate of drug-likeness (QED) is 0.157. The van der Waals surface area contributed by atoms with Crippen molar-refractivity contribution < 1.29 is 23.3 Å². The average Bonchev–Trinajstić information content (AvgIpc) is 3.68. The van der Waals surface area contributed by atoms with Gasteiger partial charge in [0.05, 0.1) is 70.2 Å². The molecule has 3 aromatic carbocycles. The molecule has 0 aliphatic carbocycles. The molecule has 0 amide bonds. The molecule has 2 aliphatic heterocycles. The molecule has 0 saturated heterocycles. The Morgan fingerprint density at radius 2 is 1.28 bits per heavy atom. The van der Waals surface area contributed by atoms with E-state index in [4.69, 9.17) is 30.5 Å². The van der Waals surface area contributed by atoms with Gasteiger partial charge in [-0.1, -0.05) is 43.5 Å². The first-order valence-electron chi connectivity index (χ1n) is 18.8. The van der Waals surface area contributed by atoms with Gasteiger partial charge >= 0.3 is 0 Å². The molecular formula is C43H31Br2ClFIN8O4S. The average molecular weight is 1100 g/mol. The van der Waals surface area contributed by atoms with Crippen LogP contribution in [0.4, 0.5) is 4.39 Å². The normalized spacial score (nSPS) is 13.3. The molecule has 0 unspecified atom stereocenters. The van der Waals surface area contributed by atoms with Crippen molar-refractivity contribution >= 4 is 116 Å². The highest BCUT2D eigenvalue weighted by atomic mass is 127. The van der Waals surface area contributed by atoms with Crippen LogP contribution in [0.1, 0.15) is 12.8 Å². The van der Waals surface area contributed by atoms with Crippen molar-refractivity contribution in [2.45, 2.75) is 22.9 Å². The van der Waals surface area contributed by atoms with Crippen molar-refractivity contribution in [3.8, 4) is 34.1 Å². The number of fused-ring (bicyclic) bond motifs is 8. The van der Waals surface area contributed by atoms with Crippen LogP contribution in [0, 0.1) is 9.39 Å². The SMILES string of the molecule is Brc1ccc2ncc3c(c2c1)OCCCO3.Clc1c(I)cnc2ccc(Br)cc12.Cn1cc(-c2cc(F)c3nnc(Sc4ccc5ncc6c(c5c4)OCCCO6)n3c2)cn1. The summed E-state index contributed by atoms with van der Waals surface area (Å²) in [6.07, 6.45) is 12.3. The fourth-order valence-electron chi connectivity index (χ4n) is 6.59. The molecule has 6 aromatic heterocycles. The molecule has 12 nitrogen and oxygen atoms in total. The van der Waals surface area contributed by atoms with Crippen LogP contribution < -0.4 is 18.9 Å². The number of aromatic nitrogens is 8. The van der Waals surface area contributed by atoms with Gasteiger partial charge in [0.15, 0.2) is 34.5 Å². The molecular weight excluding hydrogens is 1070 g/mol. The summed E-state index contributed by atoms with van der Waals surface area (Å²) in [5.74, 6) is 2.45. The zero-order valence-corrected chi connectivity index (χ0v) is 38.9. The van der Waals surface area contributed by atoms with Gasteiger partial charge in [-0.05, 0) is 95.0 Å². The molecule has 2 aliphatic rings. The van der Waals surface area contributed by atoms with Crippen LogP contribution in [0.3, 0.4) is 0 Å². The van der Waals surface area contributed by atoms with Crippen LogP contribution in [0.15, 0.2) is 117 Å². The third kappa shape index (κ3) is 9.07. The second-order valence-electron chi connectivity index (χ2n) is 13.7. The molecule has 18 heteroatoms. The van der Waals surface area contributed by atoms with Crippen molar-refractivity contribution in [2.24, 2.45) is 7.05 Å². The van der Waals surface area contributed by atoms with E-state index in [0.29, 0.717) is 48.6 Å². The Balaban J connectivity index is 0.000000136. The van der Waals surface area contributed by atoms with Gasteiger partial charge in [0.2, 0.25) is 5.16 Å². The van der Waals surface area contributed by atoms with Crippen molar-refractivity contribution in [3.05, 3.63) is 121 Å². The number of halogens is 5. The second kappa shape index (κ2) is 18.3. The molecule has 0 atom stereocenters. The maximum absolute atomic E-state index is 14.7. The van der Waals surface area contributed by atoms with Crippen LogP contribution in [-0.4, -0.2) is 65.8 Å². The number of pyridine rings is 4. The van der Waals surface area contributed by atoms with Gasteiger partial charge in [0.25, 0.3) is 0 Å². The molecule has 0 N–H and O–H groups in total. The van der Waals surface area contributed by atoms with Gasteiger partial charge in [-0.15, -0.1) is 10.2 Å². The Kier molecular flexibility index (Phi) is 12.4. The summed E-state index contributed by atoms with van der Waals surface area (Å²) in [5, 5.41) is 16.6. The predicted molar refractivity (Wildman–Crippen MR) is 249 cm³/mol. The van der Waals surface area contributed by atoms with E-state index in [1.54, 1.807) is 33.9 Å². The molecule has 11 rings (SSSR count). The van der Waals surface area contributed by atoms with Crippen molar-refractivity contribution in [1.29, 1.82) is 0 Å². The van der Waals surface area contributed by atoms with Gasteiger partial charge in [-0.3, -0.25) is 24.0 Å². The largest absolute Gasteiger partial charge is 0.489 e. The molecule has 61 heavy (non-hydrogen) atoms. The number of nitrogens with zero attached hydrogens (tertiary/aromatic N) is 8. The van der Waals surface area contributed by atoms with Crippen molar-refractivity contribution in [3.63, 3.8) is 0 Å². The number of hydrogen-bond acceptors (Lipinski definition) is 11. The molecule has 0 bridgehead atoms. The number of ether oxygens (including phenoxy) is 4. The first-order chi connectivity index (χ1) is 29.7. The summed E-state index contributed by atoms with van der Waals surface area (Å²) in [5.41, 5.74) is 4.35. The van der Waals surface area contributed by atoms with Gasteiger partial charge in [-0.2, -0.15) is 5.10 Å². The lowest BCUT2D eigenvalue weighted by Crippen LogP contribution is -1.97. The highest BCUT2D eigenvalue weighted by Crippen LogP contribution is 2.40. The number of hydrogen-bond donors (Lipinski definition) is 0. The highest BCUT2D eigenvalue weighted by Gasteiger charge is 2.19. The zero-order chi connectivity index (χ0) is 42.0. The van der Waals surface area contributed by atoms with Gasteiger partial charge in [0.1, 0.15) is 0 Å². The summed E-state index contributed by atoms with van der Waals surface area (Å²) >= 11 is 16.6. The Morgan fingerprint density at radius 1 is 0.689 bits per heavy atom. The Morgan fingerprint density at radius 3 is 1.93 bits per heavy atom. The Hall–Kier alpha value is -4.82. The molecule has 0 radical (unpaired) electrons. The summed E-state index contributed by atoms with van der Waals surface area (Å²) in [7, 11) is 1.82. The lowest BCUT2D eigenvalue weighted by molar-refractivity contribution is 0.297. The standard InChI is InChI=1S/C22H17FN6O2S.C12H10BrNO2.C9H4BrClIN/c1-28-11-14(9-25-28)13-7-17(23)21-26-27-22(29(21)12-13)32-15-3-4-18-16(8-15)20-19(10-24-18)30-5-2-6-31-20;13-8-2-3-10-9(6-8)12-11(7-14-10)15-4-1-5-16-12;10-5-1-2-8-6(3-5)9(11)7(12)4-13-8/h3-4,7-12H,2,5-6H2,1H3;2-3,6-7H,1,4-5H2;1-4H. The number of rotatable bonds is 3. The van der Waals surface area contributed by atoms with E-state index < -0.39 is 5.82 Å². The summed E-state index contributed by atoms with van der Waals surface area (Å²) < 4.78 is 44.1. The van der Waals surface area contributed by atoms with Crippen molar-refractivity contribution in [2.75, 3.05) is 26.4 Å². The molecule has 0 saturated carbocycles. The minimum Gasteiger partial charge on any atom is -0.489 e. The minimum absolute atomic E-state index is 0.174. The Bertz CT molecular complexity index is 3100. The lowest BCUT2D eigenvalue weighted by atomic mass is 10.1. The summed E-state index contributed by atoms with van der Waals surface area (Å²) in [6, 6.07) is 19.1. The van der Waals surface area contributed by atoms with Gasteiger partial charge in [-0.25, -0.2) is 4.39 Å². The monoisotopic (exact) mass is 1090 g/mol. The molecule has 308 valence electrons. The van der Waals surface area contributed by atoms with E-state index in [1.807, 2.05) is 74.0 Å². The fourth-order valence-corrected chi connectivity index (χ4v) is 8.79. The van der Waals surface area contributed by atoms with Crippen molar-refractivity contribution in [1.82, 2.24) is 39.3 Å². The van der Waals surface area contributed by atoms with E-state index in [-0.39, 0.29) is 5.65 Å². The molecule has 8 heterocycles. The summed E-state index contributed by atoms with van der Waals surface area (Å²) in [4.78, 5) is 14.0. The lowest BCUT2D eigenvalue weighted by Gasteiger charge is -2.10. The predicted octanol–water partition coefficient (Wildman–Crippen LogP) is 11.5. The molecule has 0 spiro atoms. The smallest absolute Gasteiger partial charge is 0.200 e. The molecule has 9 aromatic rings. The number of aryl methyl sites for hydroxylation is 1. The van der Waals surface area contributed by atoms with Crippen LogP contribution in [0.5, 0.6) is 23.0 Å². The van der Waals surface area contributed by atoms with E-state index in [2.05, 4.69) is 84.7 Å².